The van der Waals surface area contributed by atoms with Crippen molar-refractivity contribution in [2.45, 2.75) is 45.8 Å². The number of aromatic nitrogens is 2. The monoisotopic (exact) mass is 292 g/mol. The molecule has 1 atom stereocenters. The van der Waals surface area contributed by atoms with E-state index in [1.807, 2.05) is 38.7 Å². The predicted molar refractivity (Wildman–Crippen MR) is 80.1 cm³/mol. The van der Waals surface area contributed by atoms with Gasteiger partial charge in [-0.15, -0.1) is 0 Å². The zero-order valence-corrected chi connectivity index (χ0v) is 13.2. The van der Waals surface area contributed by atoms with Crippen molar-refractivity contribution in [2.75, 3.05) is 19.6 Å². The van der Waals surface area contributed by atoms with Crippen molar-refractivity contribution in [2.24, 2.45) is 5.73 Å². The van der Waals surface area contributed by atoms with Gasteiger partial charge in [-0.05, 0) is 33.3 Å². The molecule has 2 N–H and O–H groups in total. The first kappa shape index (κ1) is 15.9. The summed E-state index contributed by atoms with van der Waals surface area (Å²) in [6, 6.07) is 1.81. The molecule has 21 heavy (non-hydrogen) atoms. The number of rotatable bonds is 3. The van der Waals surface area contributed by atoms with E-state index >= 15 is 0 Å². The maximum absolute atomic E-state index is 12.8. The highest BCUT2D eigenvalue weighted by Crippen LogP contribution is 2.23. The molecule has 0 aromatic carbocycles. The third kappa shape index (κ3) is 3.57. The Morgan fingerprint density at radius 2 is 2.24 bits per heavy atom. The highest BCUT2D eigenvalue weighted by molar-refractivity contribution is 5.95. The third-order valence-corrected chi connectivity index (χ3v) is 3.59. The second-order valence-electron chi connectivity index (χ2n) is 6.12. The van der Waals surface area contributed by atoms with E-state index in [1.165, 1.54) is 0 Å². The summed E-state index contributed by atoms with van der Waals surface area (Å²) in [5.41, 5.74) is 7.45. The first-order chi connectivity index (χ1) is 9.86. The summed E-state index contributed by atoms with van der Waals surface area (Å²) in [7, 11) is 0. The summed E-state index contributed by atoms with van der Waals surface area (Å²) in [5, 5.41) is 8.17. The van der Waals surface area contributed by atoms with Gasteiger partial charge >= 0.3 is 0 Å². The van der Waals surface area contributed by atoms with Gasteiger partial charge in [-0.3, -0.25) is 4.79 Å². The van der Waals surface area contributed by atoms with Gasteiger partial charge in [0.05, 0.1) is 28.7 Å². The van der Waals surface area contributed by atoms with Crippen LogP contribution in [0.25, 0.3) is 0 Å². The fraction of sp³-hybridized carbons (Fsp3) is 0.667. The number of ether oxygens (including phenoxy) is 1. The quantitative estimate of drug-likeness (QED) is 0.896. The molecule has 2 rings (SSSR count). The molecule has 1 aromatic heterocycles. The van der Waals surface area contributed by atoms with Crippen molar-refractivity contribution in [3.63, 3.8) is 0 Å². The molecule has 1 amide bonds. The Hall–Kier alpha value is -1.53. The Morgan fingerprint density at radius 3 is 2.86 bits per heavy atom. The molecule has 1 unspecified atom stereocenters. The second kappa shape index (κ2) is 6.07. The van der Waals surface area contributed by atoms with Gasteiger partial charge in [0.15, 0.2) is 0 Å². The van der Waals surface area contributed by atoms with Crippen LogP contribution in [0.15, 0.2) is 6.07 Å². The first-order valence-corrected chi connectivity index (χ1v) is 7.36. The van der Waals surface area contributed by atoms with Crippen LogP contribution in [0.1, 0.15) is 42.5 Å². The van der Waals surface area contributed by atoms with Crippen molar-refractivity contribution in [1.29, 1.82) is 0 Å². The molecule has 1 aliphatic heterocycles. The van der Waals surface area contributed by atoms with Gasteiger partial charge in [0.2, 0.25) is 0 Å². The van der Waals surface area contributed by atoms with E-state index in [-0.39, 0.29) is 17.6 Å². The summed E-state index contributed by atoms with van der Waals surface area (Å²) in [6.45, 7) is 9.24. The zero-order chi connectivity index (χ0) is 15.6. The van der Waals surface area contributed by atoms with Crippen molar-refractivity contribution < 1.29 is 9.53 Å². The molecule has 6 heteroatoms. The molecular weight excluding hydrogens is 268 g/mol. The van der Waals surface area contributed by atoms with Crippen LogP contribution in [0.5, 0.6) is 0 Å². The molecule has 1 aliphatic rings. The van der Waals surface area contributed by atoms with E-state index in [0.717, 1.165) is 11.4 Å². The molecule has 0 bridgehead atoms. The lowest BCUT2D eigenvalue weighted by molar-refractivity contribution is -0.122. The van der Waals surface area contributed by atoms with Crippen LogP contribution in [0.2, 0.25) is 0 Å². The summed E-state index contributed by atoms with van der Waals surface area (Å²) < 4.78 is 5.87. The standard InChI is InChI=1S/C15H24N4O2/c1-5-13-12(6-10(2)17-18-13)14(20)19-8-11(7-16)21-15(3,4)9-19/h6,11H,5,7-9,16H2,1-4H3. The summed E-state index contributed by atoms with van der Waals surface area (Å²) >= 11 is 0. The van der Waals surface area contributed by atoms with E-state index in [1.54, 1.807) is 0 Å². The number of carbonyl (C=O) groups is 1. The van der Waals surface area contributed by atoms with Gasteiger partial charge in [-0.2, -0.15) is 10.2 Å². The molecule has 6 nitrogen and oxygen atoms in total. The number of aryl methyl sites for hydroxylation is 2. The van der Waals surface area contributed by atoms with Crippen molar-refractivity contribution in [1.82, 2.24) is 15.1 Å². The smallest absolute Gasteiger partial charge is 0.256 e. The molecule has 0 spiro atoms. The lowest BCUT2D eigenvalue weighted by atomic mass is 10.0. The van der Waals surface area contributed by atoms with Crippen LogP contribution in [0, 0.1) is 6.92 Å². The largest absolute Gasteiger partial charge is 0.367 e. The van der Waals surface area contributed by atoms with Gasteiger partial charge in [0.1, 0.15) is 0 Å². The van der Waals surface area contributed by atoms with Crippen LogP contribution < -0.4 is 5.73 Å². The third-order valence-electron chi connectivity index (χ3n) is 3.59. The Morgan fingerprint density at radius 1 is 1.52 bits per heavy atom. The van der Waals surface area contributed by atoms with Crippen molar-refractivity contribution in [3.05, 3.63) is 23.0 Å². The molecule has 0 aliphatic carbocycles. The number of hydrogen-bond acceptors (Lipinski definition) is 5. The van der Waals surface area contributed by atoms with Crippen molar-refractivity contribution in [3.8, 4) is 0 Å². The number of nitrogens with two attached hydrogens (primary N) is 1. The van der Waals surface area contributed by atoms with E-state index < -0.39 is 0 Å². The molecule has 0 radical (unpaired) electrons. The Labute approximate surface area is 125 Å². The summed E-state index contributed by atoms with van der Waals surface area (Å²) in [5.74, 6) is -0.0142. The normalized spacial score (nSPS) is 21.4. The van der Waals surface area contributed by atoms with Crippen LogP contribution in [-0.2, 0) is 11.2 Å². The predicted octanol–water partition coefficient (Wildman–Crippen LogP) is 0.926. The number of carbonyl (C=O) groups excluding carboxylic acids is 1. The topological polar surface area (TPSA) is 81.3 Å². The molecule has 116 valence electrons. The number of morpholine rings is 1. The number of hydrogen-bond donors (Lipinski definition) is 1. The zero-order valence-electron chi connectivity index (χ0n) is 13.2. The average Bonchev–Trinajstić information content (AvgIpc) is 2.44. The van der Waals surface area contributed by atoms with E-state index in [9.17, 15) is 4.79 Å². The van der Waals surface area contributed by atoms with Crippen LogP contribution in [0.3, 0.4) is 0 Å². The summed E-state index contributed by atoms with van der Waals surface area (Å²) in [4.78, 5) is 14.7. The van der Waals surface area contributed by atoms with E-state index in [4.69, 9.17) is 10.5 Å². The van der Waals surface area contributed by atoms with E-state index in [2.05, 4.69) is 10.2 Å². The van der Waals surface area contributed by atoms with Gasteiger partial charge in [-0.25, -0.2) is 0 Å². The first-order valence-electron chi connectivity index (χ1n) is 7.36. The lowest BCUT2D eigenvalue weighted by Gasteiger charge is -2.42. The maximum atomic E-state index is 12.8. The fourth-order valence-corrected chi connectivity index (χ4v) is 2.70. The van der Waals surface area contributed by atoms with Gasteiger partial charge in [0.25, 0.3) is 5.91 Å². The highest BCUT2D eigenvalue weighted by atomic mass is 16.5. The minimum Gasteiger partial charge on any atom is -0.367 e. The fourth-order valence-electron chi connectivity index (χ4n) is 2.70. The molecule has 2 heterocycles. The summed E-state index contributed by atoms with van der Waals surface area (Å²) in [6.07, 6.45) is 0.557. The van der Waals surface area contributed by atoms with Gasteiger partial charge in [-0.1, -0.05) is 6.92 Å². The van der Waals surface area contributed by atoms with Gasteiger partial charge in [0, 0.05) is 19.6 Å². The second-order valence-corrected chi connectivity index (χ2v) is 6.12. The van der Waals surface area contributed by atoms with E-state index in [0.29, 0.717) is 31.6 Å². The Balaban J connectivity index is 2.28. The molecule has 1 fully saturated rings. The minimum atomic E-state index is -0.389. The lowest BCUT2D eigenvalue weighted by Crippen LogP contribution is -2.56. The van der Waals surface area contributed by atoms with Gasteiger partial charge < -0.3 is 15.4 Å². The molecule has 1 saturated heterocycles. The Kier molecular flexibility index (Phi) is 4.58. The highest BCUT2D eigenvalue weighted by Gasteiger charge is 2.35. The molecule has 1 aromatic rings. The maximum Gasteiger partial charge on any atom is 0.256 e. The average molecular weight is 292 g/mol. The SMILES string of the molecule is CCc1nnc(C)cc1C(=O)N1CC(CN)OC(C)(C)C1. The molecular formula is C15H24N4O2. The van der Waals surface area contributed by atoms with Crippen molar-refractivity contribution >= 4 is 5.91 Å². The number of nitrogens with zero attached hydrogens (tertiary/aromatic N) is 3. The van der Waals surface area contributed by atoms with Crippen LogP contribution in [-0.4, -0.2) is 52.3 Å². The minimum absolute atomic E-state index is 0.0142. The van der Waals surface area contributed by atoms with Crippen LogP contribution in [0.4, 0.5) is 0 Å². The number of amides is 1. The Bertz CT molecular complexity index is 530. The molecule has 0 saturated carbocycles. The van der Waals surface area contributed by atoms with Crippen LogP contribution >= 0.6 is 0 Å².